The number of Topliss-reactive ketones (excluding diaryl/α,β-unsaturated/α-hetero) is 1. The molecule has 0 aromatic carbocycles. The van der Waals surface area contributed by atoms with Gasteiger partial charge >= 0.3 is 0 Å². The molecule has 0 aromatic rings. The van der Waals surface area contributed by atoms with Crippen molar-refractivity contribution in [3.05, 3.63) is 0 Å². The minimum absolute atomic E-state index is 0.306. The van der Waals surface area contributed by atoms with Crippen molar-refractivity contribution in [3.63, 3.8) is 0 Å². The zero-order chi connectivity index (χ0) is 10.4. The van der Waals surface area contributed by atoms with E-state index in [4.69, 9.17) is 4.74 Å². The first-order chi connectivity index (χ1) is 6.70. The maximum Gasteiger partial charge on any atom is 0.129 e. The average Bonchev–Trinajstić information content (AvgIpc) is 2.15. The number of morpholine rings is 1. The molecule has 1 rings (SSSR count). The Morgan fingerprint density at radius 1 is 1.50 bits per heavy atom. The standard InChI is InChI=1S/C11H21NO2/c1-10-9-14-8-7-12(10)6-4-3-5-11(2)13/h10H,3-9H2,1-2H3. The molecule has 1 atom stereocenters. The van der Waals surface area contributed by atoms with Crippen molar-refractivity contribution < 1.29 is 9.53 Å². The van der Waals surface area contributed by atoms with Crippen molar-refractivity contribution in [1.82, 2.24) is 4.90 Å². The predicted molar refractivity (Wildman–Crippen MR) is 56.4 cm³/mol. The van der Waals surface area contributed by atoms with Gasteiger partial charge in [-0.2, -0.15) is 0 Å². The Balaban J connectivity index is 2.07. The summed E-state index contributed by atoms with van der Waals surface area (Å²) in [7, 11) is 0. The van der Waals surface area contributed by atoms with E-state index in [0.717, 1.165) is 45.6 Å². The van der Waals surface area contributed by atoms with Crippen LogP contribution in [0.15, 0.2) is 0 Å². The molecule has 82 valence electrons. The molecule has 0 aliphatic carbocycles. The lowest BCUT2D eigenvalue weighted by atomic mass is 10.1. The zero-order valence-electron chi connectivity index (χ0n) is 9.29. The van der Waals surface area contributed by atoms with Gasteiger partial charge in [0.1, 0.15) is 5.78 Å². The summed E-state index contributed by atoms with van der Waals surface area (Å²) in [4.78, 5) is 13.2. The van der Waals surface area contributed by atoms with Gasteiger partial charge < -0.3 is 9.53 Å². The molecule has 1 saturated heterocycles. The monoisotopic (exact) mass is 199 g/mol. The second-order valence-corrected chi connectivity index (χ2v) is 4.12. The van der Waals surface area contributed by atoms with E-state index in [1.165, 1.54) is 0 Å². The Kier molecular flexibility index (Phi) is 5.12. The summed E-state index contributed by atoms with van der Waals surface area (Å²) < 4.78 is 5.36. The molecular formula is C11H21NO2. The summed E-state index contributed by atoms with van der Waals surface area (Å²) in [5, 5.41) is 0. The van der Waals surface area contributed by atoms with E-state index in [0.29, 0.717) is 11.8 Å². The Bertz CT molecular complexity index is 182. The van der Waals surface area contributed by atoms with Gasteiger partial charge in [0, 0.05) is 19.0 Å². The molecule has 0 N–H and O–H groups in total. The number of hydrogen-bond donors (Lipinski definition) is 0. The van der Waals surface area contributed by atoms with Crippen LogP contribution >= 0.6 is 0 Å². The van der Waals surface area contributed by atoms with E-state index in [1.807, 2.05) is 0 Å². The summed E-state index contributed by atoms with van der Waals surface area (Å²) in [6, 6.07) is 0.543. The zero-order valence-corrected chi connectivity index (χ0v) is 9.29. The average molecular weight is 199 g/mol. The van der Waals surface area contributed by atoms with Gasteiger partial charge in [-0.3, -0.25) is 4.90 Å². The van der Waals surface area contributed by atoms with Crippen LogP contribution in [0.4, 0.5) is 0 Å². The SMILES string of the molecule is CC(=O)CCCCN1CCOCC1C. The number of carbonyl (C=O) groups excluding carboxylic acids is 1. The van der Waals surface area contributed by atoms with E-state index in [-0.39, 0.29) is 0 Å². The Labute approximate surface area is 86.4 Å². The minimum atomic E-state index is 0.306. The normalized spacial score (nSPS) is 23.7. The first-order valence-electron chi connectivity index (χ1n) is 5.51. The summed E-state index contributed by atoms with van der Waals surface area (Å²) in [5.41, 5.74) is 0. The lowest BCUT2D eigenvalue weighted by Gasteiger charge is -2.33. The van der Waals surface area contributed by atoms with Gasteiger partial charge in [-0.05, 0) is 33.2 Å². The van der Waals surface area contributed by atoms with Crippen LogP contribution in [0.25, 0.3) is 0 Å². The van der Waals surface area contributed by atoms with E-state index in [1.54, 1.807) is 6.92 Å². The van der Waals surface area contributed by atoms with Gasteiger partial charge in [0.15, 0.2) is 0 Å². The highest BCUT2D eigenvalue weighted by molar-refractivity contribution is 5.75. The molecule has 0 saturated carbocycles. The molecular weight excluding hydrogens is 178 g/mol. The molecule has 0 radical (unpaired) electrons. The molecule has 0 spiro atoms. The number of unbranched alkanes of at least 4 members (excludes halogenated alkanes) is 1. The number of hydrogen-bond acceptors (Lipinski definition) is 3. The highest BCUT2D eigenvalue weighted by Gasteiger charge is 2.17. The Hall–Kier alpha value is -0.410. The third kappa shape index (κ3) is 4.20. The van der Waals surface area contributed by atoms with Crippen LogP contribution in [-0.4, -0.2) is 43.0 Å². The molecule has 0 bridgehead atoms. The number of ketones is 1. The van der Waals surface area contributed by atoms with Crippen molar-refractivity contribution in [2.75, 3.05) is 26.3 Å². The number of carbonyl (C=O) groups is 1. The summed E-state index contributed by atoms with van der Waals surface area (Å²) in [5.74, 6) is 0.306. The van der Waals surface area contributed by atoms with Gasteiger partial charge in [0.25, 0.3) is 0 Å². The maximum absolute atomic E-state index is 10.7. The quantitative estimate of drug-likeness (QED) is 0.628. The topological polar surface area (TPSA) is 29.5 Å². The fourth-order valence-corrected chi connectivity index (χ4v) is 1.78. The Morgan fingerprint density at radius 3 is 2.93 bits per heavy atom. The van der Waals surface area contributed by atoms with Crippen LogP contribution < -0.4 is 0 Å². The van der Waals surface area contributed by atoms with Crippen molar-refractivity contribution in [2.24, 2.45) is 0 Å². The summed E-state index contributed by atoms with van der Waals surface area (Å²) in [6.07, 6.45) is 2.89. The second kappa shape index (κ2) is 6.14. The summed E-state index contributed by atoms with van der Waals surface area (Å²) in [6.45, 7) is 7.73. The van der Waals surface area contributed by atoms with Crippen molar-refractivity contribution in [1.29, 1.82) is 0 Å². The van der Waals surface area contributed by atoms with E-state index in [9.17, 15) is 4.79 Å². The van der Waals surface area contributed by atoms with Crippen LogP contribution in [0.2, 0.25) is 0 Å². The summed E-state index contributed by atoms with van der Waals surface area (Å²) >= 11 is 0. The van der Waals surface area contributed by atoms with Crippen LogP contribution in [0.1, 0.15) is 33.1 Å². The molecule has 0 amide bonds. The number of nitrogens with zero attached hydrogens (tertiary/aromatic N) is 1. The van der Waals surface area contributed by atoms with Crippen LogP contribution in [0.5, 0.6) is 0 Å². The maximum atomic E-state index is 10.7. The molecule has 14 heavy (non-hydrogen) atoms. The van der Waals surface area contributed by atoms with Gasteiger partial charge in [-0.1, -0.05) is 0 Å². The molecule has 1 fully saturated rings. The minimum Gasteiger partial charge on any atom is -0.379 e. The van der Waals surface area contributed by atoms with Crippen LogP contribution in [0, 0.1) is 0 Å². The van der Waals surface area contributed by atoms with Gasteiger partial charge in [-0.15, -0.1) is 0 Å². The van der Waals surface area contributed by atoms with Gasteiger partial charge in [-0.25, -0.2) is 0 Å². The Morgan fingerprint density at radius 2 is 2.29 bits per heavy atom. The van der Waals surface area contributed by atoms with Crippen molar-refractivity contribution >= 4 is 5.78 Å². The van der Waals surface area contributed by atoms with Crippen molar-refractivity contribution in [2.45, 2.75) is 39.2 Å². The lowest BCUT2D eigenvalue weighted by molar-refractivity contribution is -0.117. The first-order valence-corrected chi connectivity index (χ1v) is 5.51. The highest BCUT2D eigenvalue weighted by Crippen LogP contribution is 2.08. The van der Waals surface area contributed by atoms with Crippen molar-refractivity contribution in [3.8, 4) is 0 Å². The number of rotatable bonds is 5. The smallest absolute Gasteiger partial charge is 0.129 e. The molecule has 0 aromatic heterocycles. The van der Waals surface area contributed by atoms with Crippen LogP contribution in [-0.2, 0) is 9.53 Å². The van der Waals surface area contributed by atoms with E-state index in [2.05, 4.69) is 11.8 Å². The molecule has 3 nitrogen and oxygen atoms in total. The second-order valence-electron chi connectivity index (χ2n) is 4.12. The molecule has 1 aliphatic rings. The van der Waals surface area contributed by atoms with Gasteiger partial charge in [0.2, 0.25) is 0 Å². The lowest BCUT2D eigenvalue weighted by Crippen LogP contribution is -2.43. The molecule has 1 unspecified atom stereocenters. The molecule has 1 aliphatic heterocycles. The number of ether oxygens (including phenoxy) is 1. The first kappa shape index (κ1) is 11.7. The predicted octanol–water partition coefficient (Wildman–Crippen LogP) is 1.47. The molecule has 1 heterocycles. The molecule has 3 heteroatoms. The van der Waals surface area contributed by atoms with E-state index >= 15 is 0 Å². The van der Waals surface area contributed by atoms with E-state index < -0.39 is 0 Å². The van der Waals surface area contributed by atoms with Gasteiger partial charge in [0.05, 0.1) is 13.2 Å². The largest absolute Gasteiger partial charge is 0.379 e. The third-order valence-corrected chi connectivity index (χ3v) is 2.73. The van der Waals surface area contributed by atoms with Crippen LogP contribution in [0.3, 0.4) is 0 Å². The fraction of sp³-hybridized carbons (Fsp3) is 0.909. The third-order valence-electron chi connectivity index (χ3n) is 2.73. The fourth-order valence-electron chi connectivity index (χ4n) is 1.78. The highest BCUT2D eigenvalue weighted by atomic mass is 16.5.